The van der Waals surface area contributed by atoms with Crippen molar-refractivity contribution < 1.29 is 19.0 Å². The number of ether oxygens (including phenoxy) is 3. The molecule has 1 spiro atoms. The fourth-order valence-corrected chi connectivity index (χ4v) is 7.95. The van der Waals surface area contributed by atoms with Crippen LogP contribution in [-0.2, 0) is 14.9 Å². The van der Waals surface area contributed by atoms with Gasteiger partial charge in [-0.1, -0.05) is 11.6 Å². The summed E-state index contributed by atoms with van der Waals surface area (Å²) in [6.07, 6.45) is 3.95. The van der Waals surface area contributed by atoms with Crippen molar-refractivity contribution in [3.63, 3.8) is 0 Å². The molecule has 1 aromatic rings. The fraction of sp³-hybridized carbons (Fsp3) is 0.609. The molecule has 1 aromatic carbocycles. The average Bonchev–Trinajstić information content (AvgIpc) is 3.12. The fourth-order valence-electron chi connectivity index (χ4n) is 7.95. The lowest BCUT2D eigenvalue weighted by molar-refractivity contribution is -0.127. The van der Waals surface area contributed by atoms with Crippen LogP contribution in [0.4, 0.5) is 5.69 Å². The highest BCUT2D eigenvalue weighted by atomic mass is 16.5. The van der Waals surface area contributed by atoms with E-state index in [9.17, 15) is 4.79 Å². The summed E-state index contributed by atoms with van der Waals surface area (Å²) in [7, 11) is 3.36. The molecular formula is C23H26N2O4. The third-order valence-electron chi connectivity index (χ3n) is 8.80. The summed E-state index contributed by atoms with van der Waals surface area (Å²) in [5.41, 5.74) is 3.89. The second kappa shape index (κ2) is 5.35. The number of rotatable bonds is 2. The quantitative estimate of drug-likeness (QED) is 0.718. The Morgan fingerprint density at radius 2 is 2.03 bits per heavy atom. The standard InChI is InChI=1S/C23H26N2O4/c1-27-16-7-13-15(8-17(16)28-2)25-19(26)9-18-21-20-12(3-6-29-18)10-24-5-4-23(13,22(21)25)14(20)11-24/h3,7-8,14,18,20-22H,4-6,9-11H2,1-2H3/t14-,18-,20-,21+,22-,23+/m1/s1. The van der Waals surface area contributed by atoms with Crippen LogP contribution in [0.25, 0.3) is 0 Å². The summed E-state index contributed by atoms with van der Waals surface area (Å²) in [6.45, 7) is 3.93. The van der Waals surface area contributed by atoms with E-state index >= 15 is 0 Å². The molecule has 5 aliphatic heterocycles. The number of hydrogen-bond donors (Lipinski definition) is 0. The number of carbonyl (C=O) groups excluding carboxylic acids is 1. The SMILES string of the molecule is COc1cc2c(cc1OC)[C@]13CCN4CC5=CCO[C@@H]6CC(=O)N2[C@@H]1[C@@H]6[C@H]5[C@H]3C4. The number of benzene rings is 1. The summed E-state index contributed by atoms with van der Waals surface area (Å²) in [4.78, 5) is 18.2. The molecule has 1 unspecified atom stereocenters. The first-order chi connectivity index (χ1) is 14.2. The molecule has 1 aliphatic carbocycles. The van der Waals surface area contributed by atoms with E-state index in [4.69, 9.17) is 14.2 Å². The number of piperidine rings is 3. The molecule has 0 aromatic heterocycles. The lowest BCUT2D eigenvalue weighted by Gasteiger charge is -2.50. The van der Waals surface area contributed by atoms with Gasteiger partial charge in [0, 0.05) is 30.5 Å². The Labute approximate surface area is 170 Å². The predicted molar refractivity (Wildman–Crippen MR) is 106 cm³/mol. The van der Waals surface area contributed by atoms with E-state index in [1.165, 1.54) is 5.56 Å². The van der Waals surface area contributed by atoms with Gasteiger partial charge in [-0.3, -0.25) is 9.69 Å². The highest BCUT2D eigenvalue weighted by Gasteiger charge is 2.73. The van der Waals surface area contributed by atoms with Gasteiger partial charge in [-0.15, -0.1) is 0 Å². The van der Waals surface area contributed by atoms with Gasteiger partial charge in [0.2, 0.25) is 5.91 Å². The van der Waals surface area contributed by atoms with Gasteiger partial charge in [0.1, 0.15) is 0 Å². The number of fused-ring (bicyclic) bond motifs is 3. The van der Waals surface area contributed by atoms with Crippen LogP contribution in [-0.4, -0.2) is 63.4 Å². The van der Waals surface area contributed by atoms with E-state index in [0.717, 1.165) is 37.5 Å². The summed E-state index contributed by atoms with van der Waals surface area (Å²) in [6, 6.07) is 4.41. The van der Waals surface area contributed by atoms with Gasteiger partial charge < -0.3 is 19.1 Å². The molecule has 5 heterocycles. The van der Waals surface area contributed by atoms with Crippen molar-refractivity contribution in [2.45, 2.75) is 30.4 Å². The smallest absolute Gasteiger partial charge is 0.229 e. The van der Waals surface area contributed by atoms with Gasteiger partial charge in [-0.05, 0) is 36.4 Å². The van der Waals surface area contributed by atoms with Gasteiger partial charge in [-0.2, -0.15) is 0 Å². The van der Waals surface area contributed by atoms with E-state index in [1.54, 1.807) is 19.8 Å². The van der Waals surface area contributed by atoms with Crippen LogP contribution in [0.3, 0.4) is 0 Å². The highest BCUT2D eigenvalue weighted by Crippen LogP contribution is 2.69. The van der Waals surface area contributed by atoms with Gasteiger partial charge in [0.25, 0.3) is 0 Å². The van der Waals surface area contributed by atoms with E-state index in [1.807, 2.05) is 6.07 Å². The number of hydrogen-bond acceptors (Lipinski definition) is 5. The number of amides is 1. The lowest BCUT2D eigenvalue weighted by Crippen LogP contribution is -2.58. The van der Waals surface area contributed by atoms with E-state index < -0.39 is 0 Å². The first-order valence-electron chi connectivity index (χ1n) is 10.8. The Hall–Kier alpha value is -2.05. The average molecular weight is 394 g/mol. The normalized spacial score (nSPS) is 42.9. The molecule has 7 atom stereocenters. The summed E-state index contributed by atoms with van der Waals surface area (Å²) in [5, 5.41) is 0. The molecule has 4 fully saturated rings. The first kappa shape index (κ1) is 16.7. The van der Waals surface area contributed by atoms with Crippen LogP contribution in [0.5, 0.6) is 11.5 Å². The Bertz CT molecular complexity index is 974. The van der Waals surface area contributed by atoms with Crippen molar-refractivity contribution in [1.29, 1.82) is 0 Å². The van der Waals surface area contributed by atoms with Crippen LogP contribution >= 0.6 is 0 Å². The molecule has 6 nitrogen and oxygen atoms in total. The molecule has 29 heavy (non-hydrogen) atoms. The van der Waals surface area contributed by atoms with Crippen LogP contribution in [0.1, 0.15) is 18.4 Å². The maximum atomic E-state index is 13.4. The number of nitrogens with zero attached hydrogens (tertiary/aromatic N) is 2. The minimum atomic E-state index is -0.00470. The van der Waals surface area contributed by atoms with Crippen molar-refractivity contribution in [3.8, 4) is 11.5 Å². The van der Waals surface area contributed by atoms with Crippen molar-refractivity contribution in [2.24, 2.45) is 17.8 Å². The Balaban J connectivity index is 1.53. The zero-order valence-corrected chi connectivity index (χ0v) is 16.9. The minimum absolute atomic E-state index is 0.00470. The molecule has 2 bridgehead atoms. The van der Waals surface area contributed by atoms with Gasteiger partial charge in [-0.25, -0.2) is 0 Å². The van der Waals surface area contributed by atoms with Crippen molar-refractivity contribution in [3.05, 3.63) is 29.3 Å². The molecule has 152 valence electrons. The van der Waals surface area contributed by atoms with Gasteiger partial charge in [0.05, 0.1) is 45.1 Å². The third kappa shape index (κ3) is 1.76. The minimum Gasteiger partial charge on any atom is -0.493 e. The van der Waals surface area contributed by atoms with Crippen LogP contribution in [0.2, 0.25) is 0 Å². The molecule has 3 saturated heterocycles. The van der Waals surface area contributed by atoms with Crippen LogP contribution < -0.4 is 14.4 Å². The maximum Gasteiger partial charge on any atom is 0.229 e. The van der Waals surface area contributed by atoms with Gasteiger partial charge in [0.15, 0.2) is 11.5 Å². The maximum absolute atomic E-state index is 13.4. The van der Waals surface area contributed by atoms with Crippen LogP contribution in [0.15, 0.2) is 23.8 Å². The van der Waals surface area contributed by atoms with Gasteiger partial charge >= 0.3 is 0 Å². The Morgan fingerprint density at radius 3 is 2.86 bits per heavy atom. The molecule has 6 aliphatic rings. The van der Waals surface area contributed by atoms with Crippen LogP contribution in [0, 0.1) is 17.8 Å². The zero-order valence-electron chi connectivity index (χ0n) is 16.9. The highest BCUT2D eigenvalue weighted by molar-refractivity contribution is 6.00. The molecule has 6 heteroatoms. The summed E-state index contributed by atoms with van der Waals surface area (Å²) >= 11 is 0. The predicted octanol–water partition coefficient (Wildman–Crippen LogP) is 1.97. The molecular weight excluding hydrogens is 368 g/mol. The number of carbonyl (C=O) groups is 1. The van der Waals surface area contributed by atoms with Crippen molar-refractivity contribution in [1.82, 2.24) is 4.90 Å². The molecule has 0 N–H and O–H groups in total. The lowest BCUT2D eigenvalue weighted by atomic mass is 9.63. The Morgan fingerprint density at radius 1 is 1.21 bits per heavy atom. The Kier molecular flexibility index (Phi) is 3.08. The monoisotopic (exact) mass is 394 g/mol. The van der Waals surface area contributed by atoms with Crippen molar-refractivity contribution >= 4 is 11.6 Å². The van der Waals surface area contributed by atoms with E-state index in [2.05, 4.69) is 21.9 Å². The molecule has 1 saturated carbocycles. The molecule has 7 rings (SSSR count). The van der Waals surface area contributed by atoms with Crippen molar-refractivity contribution in [2.75, 3.05) is 45.4 Å². The number of anilines is 1. The first-order valence-corrected chi connectivity index (χ1v) is 10.8. The largest absolute Gasteiger partial charge is 0.493 e. The third-order valence-corrected chi connectivity index (χ3v) is 8.80. The topological polar surface area (TPSA) is 51.2 Å². The van der Waals surface area contributed by atoms with E-state index in [0.29, 0.717) is 36.5 Å². The van der Waals surface area contributed by atoms with E-state index in [-0.39, 0.29) is 23.5 Å². The second-order valence-electron chi connectivity index (χ2n) is 9.52. The zero-order chi connectivity index (χ0) is 19.5. The number of methoxy groups -OCH3 is 2. The molecule has 0 radical (unpaired) electrons. The summed E-state index contributed by atoms with van der Waals surface area (Å²) < 4.78 is 17.6. The second-order valence-corrected chi connectivity index (χ2v) is 9.52. The molecule has 1 amide bonds. The summed E-state index contributed by atoms with van der Waals surface area (Å²) in [5.74, 6) is 3.11.